The Bertz CT molecular complexity index is 268. The molecule has 0 spiro atoms. The van der Waals surface area contributed by atoms with Crippen LogP contribution in [0.3, 0.4) is 0 Å². The van der Waals surface area contributed by atoms with E-state index in [9.17, 15) is 4.39 Å². The molecule has 3 heteroatoms. The second-order valence-corrected chi connectivity index (χ2v) is 5.20. The molecule has 1 rings (SSSR count). The van der Waals surface area contributed by atoms with Gasteiger partial charge in [-0.1, -0.05) is 29.3 Å². The van der Waals surface area contributed by atoms with E-state index in [-0.39, 0.29) is 5.82 Å². The van der Waals surface area contributed by atoms with Crippen molar-refractivity contribution < 1.29 is 4.39 Å². The second kappa shape index (κ2) is 6.46. The van der Waals surface area contributed by atoms with Crippen molar-refractivity contribution in [3.63, 3.8) is 0 Å². The van der Waals surface area contributed by atoms with Crippen molar-refractivity contribution in [3.05, 3.63) is 34.1 Å². The predicted octanol–water partition coefficient (Wildman–Crippen LogP) is 4.62. The van der Waals surface area contributed by atoms with Crippen LogP contribution in [0.2, 0.25) is 0 Å². The predicted molar refractivity (Wildman–Crippen MR) is 65.2 cm³/mol. The maximum atomic E-state index is 13.0. The normalized spacial score (nSPS) is 10.5. The molecule has 78 valence electrons. The number of unbranched alkanes of at least 4 members (excludes halogenated alkanes) is 1. The lowest BCUT2D eigenvalue weighted by Gasteiger charge is -2.02. The lowest BCUT2D eigenvalue weighted by molar-refractivity contribution is 0.625. The molecule has 0 atom stereocenters. The van der Waals surface area contributed by atoms with Gasteiger partial charge in [-0.3, -0.25) is 0 Å². The van der Waals surface area contributed by atoms with Crippen LogP contribution in [0, 0.1) is 5.82 Å². The first-order valence-corrected chi connectivity index (χ1v) is 6.70. The topological polar surface area (TPSA) is 0 Å². The fourth-order valence-corrected chi connectivity index (χ4v) is 2.68. The number of rotatable bonds is 5. The highest BCUT2D eigenvalue weighted by Crippen LogP contribution is 2.19. The summed E-state index contributed by atoms with van der Waals surface area (Å²) in [6.45, 7) is 2.18. The van der Waals surface area contributed by atoms with Crippen LogP contribution < -0.4 is 0 Å². The average Bonchev–Trinajstić information content (AvgIpc) is 2.11. The molecule has 0 aromatic heterocycles. The molecule has 0 amide bonds. The monoisotopic (exact) mass is 276 g/mol. The SMILES string of the molecule is CCCCSCc1cc(F)cc(Br)c1. The van der Waals surface area contributed by atoms with Gasteiger partial charge < -0.3 is 0 Å². The Balaban J connectivity index is 2.42. The van der Waals surface area contributed by atoms with Crippen LogP contribution >= 0.6 is 27.7 Å². The van der Waals surface area contributed by atoms with Crippen LogP contribution in [-0.4, -0.2) is 5.75 Å². The van der Waals surface area contributed by atoms with Crippen molar-refractivity contribution in [3.8, 4) is 0 Å². The molecule has 14 heavy (non-hydrogen) atoms. The third-order valence-electron chi connectivity index (χ3n) is 1.83. The minimum Gasteiger partial charge on any atom is -0.207 e. The molecule has 0 aliphatic carbocycles. The molecule has 0 saturated heterocycles. The maximum Gasteiger partial charge on any atom is 0.124 e. The minimum atomic E-state index is -0.162. The maximum absolute atomic E-state index is 13.0. The van der Waals surface area contributed by atoms with E-state index in [4.69, 9.17) is 0 Å². The molecule has 0 bridgehead atoms. The summed E-state index contributed by atoms with van der Waals surface area (Å²) in [7, 11) is 0. The highest BCUT2D eigenvalue weighted by Gasteiger charge is 1.98. The largest absolute Gasteiger partial charge is 0.207 e. The summed E-state index contributed by atoms with van der Waals surface area (Å²) < 4.78 is 13.8. The summed E-state index contributed by atoms with van der Waals surface area (Å²) in [4.78, 5) is 0. The van der Waals surface area contributed by atoms with E-state index in [1.165, 1.54) is 18.9 Å². The van der Waals surface area contributed by atoms with Crippen LogP contribution in [0.25, 0.3) is 0 Å². The van der Waals surface area contributed by atoms with E-state index in [2.05, 4.69) is 22.9 Å². The number of thioether (sulfide) groups is 1. The van der Waals surface area contributed by atoms with Gasteiger partial charge in [-0.05, 0) is 35.9 Å². The molecule has 0 aliphatic rings. The van der Waals surface area contributed by atoms with Gasteiger partial charge in [0.05, 0.1) is 0 Å². The molecule has 1 aromatic rings. The summed E-state index contributed by atoms with van der Waals surface area (Å²) in [5, 5.41) is 0. The van der Waals surface area contributed by atoms with Gasteiger partial charge in [-0.25, -0.2) is 4.39 Å². The molecular formula is C11H14BrFS. The minimum absolute atomic E-state index is 0.162. The molecule has 0 nitrogen and oxygen atoms in total. The van der Waals surface area contributed by atoms with Crippen molar-refractivity contribution in [2.24, 2.45) is 0 Å². The van der Waals surface area contributed by atoms with Crippen molar-refractivity contribution in [1.29, 1.82) is 0 Å². The first kappa shape index (κ1) is 12.1. The van der Waals surface area contributed by atoms with Crippen LogP contribution in [-0.2, 0) is 5.75 Å². The molecule has 0 radical (unpaired) electrons. The Labute approximate surface area is 97.4 Å². The van der Waals surface area contributed by atoms with Gasteiger partial charge in [0.2, 0.25) is 0 Å². The number of hydrogen-bond acceptors (Lipinski definition) is 1. The van der Waals surface area contributed by atoms with Gasteiger partial charge in [0.15, 0.2) is 0 Å². The number of hydrogen-bond donors (Lipinski definition) is 0. The lowest BCUT2D eigenvalue weighted by Crippen LogP contribution is -1.85. The van der Waals surface area contributed by atoms with Gasteiger partial charge in [0.25, 0.3) is 0 Å². The Hall–Kier alpha value is -0.0200. The standard InChI is InChI=1S/C11H14BrFS/c1-2-3-4-14-8-9-5-10(12)7-11(13)6-9/h5-7H,2-4,8H2,1H3. The first-order chi connectivity index (χ1) is 6.72. The van der Waals surface area contributed by atoms with Crippen LogP contribution in [0.1, 0.15) is 25.3 Å². The fourth-order valence-electron chi connectivity index (χ4n) is 1.13. The van der Waals surface area contributed by atoms with E-state index in [1.54, 1.807) is 6.07 Å². The van der Waals surface area contributed by atoms with E-state index in [0.717, 1.165) is 21.5 Å². The molecule has 1 aromatic carbocycles. The first-order valence-electron chi connectivity index (χ1n) is 4.75. The number of benzene rings is 1. The summed E-state index contributed by atoms with van der Waals surface area (Å²) in [6.07, 6.45) is 2.46. The van der Waals surface area contributed by atoms with E-state index < -0.39 is 0 Å². The smallest absolute Gasteiger partial charge is 0.124 e. The van der Waals surface area contributed by atoms with Gasteiger partial charge in [0.1, 0.15) is 5.82 Å². The molecule has 0 aliphatic heterocycles. The molecule has 0 saturated carbocycles. The highest BCUT2D eigenvalue weighted by molar-refractivity contribution is 9.10. The van der Waals surface area contributed by atoms with Gasteiger partial charge in [-0.15, -0.1) is 0 Å². The van der Waals surface area contributed by atoms with Crippen molar-refractivity contribution in [1.82, 2.24) is 0 Å². The van der Waals surface area contributed by atoms with Gasteiger partial charge in [-0.2, -0.15) is 11.8 Å². The Morgan fingerprint density at radius 3 is 2.79 bits per heavy atom. The summed E-state index contributed by atoms with van der Waals surface area (Å²) in [5.41, 5.74) is 1.05. The third kappa shape index (κ3) is 4.47. The lowest BCUT2D eigenvalue weighted by atomic mass is 10.2. The summed E-state index contributed by atoms with van der Waals surface area (Å²) in [5.74, 6) is 1.89. The zero-order valence-electron chi connectivity index (χ0n) is 8.22. The van der Waals surface area contributed by atoms with Crippen molar-refractivity contribution in [2.45, 2.75) is 25.5 Å². The van der Waals surface area contributed by atoms with Crippen molar-refractivity contribution >= 4 is 27.7 Å². The number of halogens is 2. The molecule has 0 heterocycles. The Morgan fingerprint density at radius 2 is 2.14 bits per heavy atom. The van der Waals surface area contributed by atoms with E-state index >= 15 is 0 Å². The summed E-state index contributed by atoms with van der Waals surface area (Å²) in [6, 6.07) is 5.06. The van der Waals surface area contributed by atoms with Crippen LogP contribution in [0.15, 0.2) is 22.7 Å². The van der Waals surface area contributed by atoms with Crippen LogP contribution in [0.4, 0.5) is 4.39 Å². The zero-order valence-corrected chi connectivity index (χ0v) is 10.6. The molecule has 0 fully saturated rings. The Kier molecular flexibility index (Phi) is 5.56. The highest BCUT2D eigenvalue weighted by atomic mass is 79.9. The van der Waals surface area contributed by atoms with Gasteiger partial charge >= 0.3 is 0 Å². The second-order valence-electron chi connectivity index (χ2n) is 3.18. The molecular weight excluding hydrogens is 263 g/mol. The quantitative estimate of drug-likeness (QED) is 0.707. The zero-order chi connectivity index (χ0) is 10.4. The third-order valence-corrected chi connectivity index (χ3v) is 3.41. The van der Waals surface area contributed by atoms with Crippen molar-refractivity contribution in [2.75, 3.05) is 5.75 Å². The molecule has 0 N–H and O–H groups in total. The fraction of sp³-hybridized carbons (Fsp3) is 0.455. The van der Waals surface area contributed by atoms with E-state index in [1.807, 2.05) is 17.8 Å². The molecule has 0 unspecified atom stereocenters. The van der Waals surface area contributed by atoms with Crippen LogP contribution in [0.5, 0.6) is 0 Å². The average molecular weight is 277 g/mol. The van der Waals surface area contributed by atoms with E-state index in [0.29, 0.717) is 0 Å². The van der Waals surface area contributed by atoms with Gasteiger partial charge in [0, 0.05) is 10.2 Å². The Morgan fingerprint density at radius 1 is 1.36 bits per heavy atom. The summed E-state index contributed by atoms with van der Waals surface area (Å²) >= 11 is 5.15.